The molecule has 2 rings (SSSR count). The van der Waals surface area contributed by atoms with Crippen LogP contribution in [0.3, 0.4) is 0 Å². The Morgan fingerprint density at radius 3 is 3.14 bits per heavy atom. The van der Waals surface area contributed by atoms with E-state index in [1.165, 1.54) is 12.0 Å². The summed E-state index contributed by atoms with van der Waals surface area (Å²) in [5.41, 5.74) is 7.22. The quantitative estimate of drug-likeness (QED) is 0.784. The Kier molecular flexibility index (Phi) is 2.35. The molecule has 1 aromatic rings. The maximum atomic E-state index is 5.64. The molecule has 0 saturated heterocycles. The second-order valence-electron chi connectivity index (χ2n) is 4.83. The van der Waals surface area contributed by atoms with Crippen LogP contribution >= 0.6 is 0 Å². The zero-order valence-electron chi connectivity index (χ0n) is 8.92. The molecule has 0 aliphatic heterocycles. The van der Waals surface area contributed by atoms with Gasteiger partial charge in [0.15, 0.2) is 0 Å². The molecule has 0 fully saturated rings. The molecule has 78 valence electrons. The summed E-state index contributed by atoms with van der Waals surface area (Å²) in [6.45, 7) is 5.30. The first-order valence-electron chi connectivity index (χ1n) is 5.28. The minimum Gasteiger partial charge on any atom is -0.361 e. The van der Waals surface area contributed by atoms with Crippen LogP contribution in [-0.2, 0) is 6.42 Å². The fraction of sp³-hybridized carbons (Fsp3) is 0.727. The minimum absolute atomic E-state index is 0.298. The zero-order valence-corrected chi connectivity index (χ0v) is 8.92. The molecule has 0 amide bonds. The van der Waals surface area contributed by atoms with Gasteiger partial charge < -0.3 is 10.3 Å². The molecule has 1 unspecified atom stereocenters. The molecule has 1 aliphatic carbocycles. The molecule has 0 saturated carbocycles. The van der Waals surface area contributed by atoms with Gasteiger partial charge in [-0.2, -0.15) is 0 Å². The van der Waals surface area contributed by atoms with E-state index in [-0.39, 0.29) is 0 Å². The van der Waals surface area contributed by atoms with Crippen molar-refractivity contribution in [2.24, 2.45) is 11.1 Å². The largest absolute Gasteiger partial charge is 0.361 e. The summed E-state index contributed by atoms with van der Waals surface area (Å²) in [6.07, 6.45) is 5.14. The molecule has 0 radical (unpaired) electrons. The van der Waals surface area contributed by atoms with E-state index in [4.69, 9.17) is 10.3 Å². The first kappa shape index (κ1) is 9.71. The molecule has 3 nitrogen and oxygen atoms in total. The highest BCUT2D eigenvalue weighted by molar-refractivity contribution is 5.24. The third kappa shape index (κ3) is 1.46. The summed E-state index contributed by atoms with van der Waals surface area (Å²) in [5.74, 6) is 1.52. The summed E-state index contributed by atoms with van der Waals surface area (Å²) in [5, 5.41) is 3.89. The van der Waals surface area contributed by atoms with Gasteiger partial charge in [-0.1, -0.05) is 19.0 Å². The van der Waals surface area contributed by atoms with E-state index in [0.717, 1.165) is 18.6 Å². The van der Waals surface area contributed by atoms with Crippen LogP contribution in [0, 0.1) is 5.41 Å². The standard InChI is InChI=1S/C11H18N2O/c1-11(2)5-3-8-7-13-14-10(8)9(11)4-6-12/h7,9H,3-6,12H2,1-2H3. The van der Waals surface area contributed by atoms with E-state index in [1.54, 1.807) is 0 Å². The van der Waals surface area contributed by atoms with Crippen LogP contribution in [-0.4, -0.2) is 11.7 Å². The molecular weight excluding hydrogens is 176 g/mol. The van der Waals surface area contributed by atoms with Gasteiger partial charge >= 0.3 is 0 Å². The van der Waals surface area contributed by atoms with Crippen molar-refractivity contribution in [2.75, 3.05) is 6.54 Å². The normalized spacial score (nSPS) is 24.6. The average molecular weight is 194 g/mol. The van der Waals surface area contributed by atoms with Crippen molar-refractivity contribution in [3.8, 4) is 0 Å². The van der Waals surface area contributed by atoms with Crippen LogP contribution in [0.4, 0.5) is 0 Å². The van der Waals surface area contributed by atoms with Gasteiger partial charge in [-0.3, -0.25) is 0 Å². The maximum Gasteiger partial charge on any atom is 0.143 e. The number of hydrogen-bond donors (Lipinski definition) is 1. The van der Waals surface area contributed by atoms with Gasteiger partial charge in [0.05, 0.1) is 6.20 Å². The Morgan fingerprint density at radius 2 is 2.43 bits per heavy atom. The number of nitrogens with two attached hydrogens (primary N) is 1. The smallest absolute Gasteiger partial charge is 0.143 e. The molecule has 1 atom stereocenters. The SMILES string of the molecule is CC1(C)CCc2cnoc2C1CCN. The van der Waals surface area contributed by atoms with Crippen molar-refractivity contribution < 1.29 is 4.52 Å². The highest BCUT2D eigenvalue weighted by atomic mass is 16.5. The van der Waals surface area contributed by atoms with Gasteiger partial charge in [-0.25, -0.2) is 0 Å². The summed E-state index contributed by atoms with van der Waals surface area (Å²) in [6, 6.07) is 0. The Bertz CT molecular complexity index is 317. The lowest BCUT2D eigenvalue weighted by atomic mass is 9.68. The van der Waals surface area contributed by atoms with E-state index >= 15 is 0 Å². The lowest BCUT2D eigenvalue weighted by Crippen LogP contribution is -2.29. The van der Waals surface area contributed by atoms with Gasteiger partial charge in [0, 0.05) is 11.5 Å². The lowest BCUT2D eigenvalue weighted by Gasteiger charge is -2.36. The van der Waals surface area contributed by atoms with Crippen LogP contribution in [0.25, 0.3) is 0 Å². The number of aromatic nitrogens is 1. The van der Waals surface area contributed by atoms with Gasteiger partial charge in [-0.05, 0) is 31.2 Å². The second kappa shape index (κ2) is 3.39. The van der Waals surface area contributed by atoms with E-state index in [2.05, 4.69) is 19.0 Å². The fourth-order valence-electron chi connectivity index (χ4n) is 2.42. The Morgan fingerprint density at radius 1 is 1.64 bits per heavy atom. The summed E-state index contributed by atoms with van der Waals surface area (Å²) in [7, 11) is 0. The first-order valence-corrected chi connectivity index (χ1v) is 5.28. The monoisotopic (exact) mass is 194 g/mol. The van der Waals surface area contributed by atoms with Crippen molar-refractivity contribution in [3.05, 3.63) is 17.5 Å². The van der Waals surface area contributed by atoms with Gasteiger partial charge in [-0.15, -0.1) is 0 Å². The van der Waals surface area contributed by atoms with Gasteiger partial charge in [0.1, 0.15) is 5.76 Å². The molecule has 1 aromatic heterocycles. The highest BCUT2D eigenvalue weighted by Crippen LogP contribution is 2.46. The van der Waals surface area contributed by atoms with E-state index < -0.39 is 0 Å². The van der Waals surface area contributed by atoms with Gasteiger partial charge in [0.2, 0.25) is 0 Å². The molecule has 1 aliphatic rings. The molecule has 0 aromatic carbocycles. The number of fused-ring (bicyclic) bond motifs is 1. The predicted octanol–water partition coefficient (Wildman–Crippen LogP) is 2.08. The van der Waals surface area contributed by atoms with Gasteiger partial charge in [0.25, 0.3) is 0 Å². The molecule has 0 bridgehead atoms. The van der Waals surface area contributed by atoms with E-state index in [9.17, 15) is 0 Å². The molecule has 3 heteroatoms. The van der Waals surface area contributed by atoms with E-state index in [1.807, 2.05) is 6.20 Å². The summed E-state index contributed by atoms with van der Waals surface area (Å²) in [4.78, 5) is 0. The minimum atomic E-state index is 0.298. The number of nitrogens with zero attached hydrogens (tertiary/aromatic N) is 1. The molecule has 0 spiro atoms. The number of aryl methyl sites for hydroxylation is 1. The van der Waals surface area contributed by atoms with Crippen LogP contribution in [0.5, 0.6) is 0 Å². The lowest BCUT2D eigenvalue weighted by molar-refractivity contribution is 0.194. The predicted molar refractivity (Wildman–Crippen MR) is 55.0 cm³/mol. The van der Waals surface area contributed by atoms with Crippen LogP contribution in [0.15, 0.2) is 10.7 Å². The van der Waals surface area contributed by atoms with Crippen molar-refractivity contribution >= 4 is 0 Å². The molecular formula is C11H18N2O. The van der Waals surface area contributed by atoms with Crippen molar-refractivity contribution in [1.82, 2.24) is 5.16 Å². The Labute approximate surface area is 84.7 Å². The summed E-state index contributed by atoms with van der Waals surface area (Å²) >= 11 is 0. The topological polar surface area (TPSA) is 52.0 Å². The number of hydrogen-bond acceptors (Lipinski definition) is 3. The first-order chi connectivity index (χ1) is 6.65. The fourth-order valence-corrected chi connectivity index (χ4v) is 2.42. The Hall–Kier alpha value is -0.830. The van der Waals surface area contributed by atoms with Crippen LogP contribution in [0.2, 0.25) is 0 Å². The van der Waals surface area contributed by atoms with Crippen LogP contribution < -0.4 is 5.73 Å². The second-order valence-corrected chi connectivity index (χ2v) is 4.83. The Balaban J connectivity index is 2.33. The number of rotatable bonds is 2. The molecule has 1 heterocycles. The van der Waals surface area contributed by atoms with Crippen molar-refractivity contribution in [3.63, 3.8) is 0 Å². The van der Waals surface area contributed by atoms with E-state index in [0.29, 0.717) is 17.9 Å². The third-order valence-electron chi connectivity index (χ3n) is 3.43. The zero-order chi connectivity index (χ0) is 10.2. The average Bonchev–Trinajstić information content (AvgIpc) is 2.58. The maximum absolute atomic E-state index is 5.64. The summed E-state index contributed by atoms with van der Waals surface area (Å²) < 4.78 is 5.35. The highest BCUT2D eigenvalue weighted by Gasteiger charge is 2.38. The molecule has 2 N–H and O–H groups in total. The van der Waals surface area contributed by atoms with Crippen molar-refractivity contribution in [2.45, 2.75) is 39.0 Å². The third-order valence-corrected chi connectivity index (χ3v) is 3.43. The van der Waals surface area contributed by atoms with Crippen LogP contribution in [0.1, 0.15) is 43.9 Å². The van der Waals surface area contributed by atoms with Crippen molar-refractivity contribution in [1.29, 1.82) is 0 Å². The molecule has 14 heavy (non-hydrogen) atoms.